The summed E-state index contributed by atoms with van der Waals surface area (Å²) in [5.41, 5.74) is 6.74. The van der Waals surface area contributed by atoms with Gasteiger partial charge < -0.3 is 11.1 Å². The molecule has 1 aliphatic rings. The van der Waals surface area contributed by atoms with Crippen LogP contribution in [0.25, 0.3) is 0 Å². The fourth-order valence-corrected chi connectivity index (χ4v) is 2.64. The first-order valence-corrected chi connectivity index (χ1v) is 6.57. The maximum absolute atomic E-state index is 12.0. The molecule has 1 saturated carbocycles. The summed E-state index contributed by atoms with van der Waals surface area (Å²) < 4.78 is 1.56. The van der Waals surface area contributed by atoms with E-state index in [4.69, 9.17) is 5.73 Å². The number of nitrogens with zero attached hydrogens (tertiary/aromatic N) is 2. The monoisotopic (exact) mass is 250 g/mol. The molecule has 3 N–H and O–H groups in total. The lowest BCUT2D eigenvalue weighted by molar-refractivity contribution is 0.0914. The van der Waals surface area contributed by atoms with E-state index in [0.717, 1.165) is 0 Å². The van der Waals surface area contributed by atoms with E-state index in [-0.39, 0.29) is 11.3 Å². The van der Waals surface area contributed by atoms with Gasteiger partial charge in [0.1, 0.15) is 0 Å². The third kappa shape index (κ3) is 2.83. The molecule has 0 bridgehead atoms. The molecule has 0 saturated heterocycles. The quantitative estimate of drug-likeness (QED) is 0.857. The van der Waals surface area contributed by atoms with Gasteiger partial charge in [-0.15, -0.1) is 0 Å². The first-order valence-electron chi connectivity index (χ1n) is 6.57. The van der Waals surface area contributed by atoms with E-state index < -0.39 is 0 Å². The van der Waals surface area contributed by atoms with Crippen molar-refractivity contribution in [1.82, 2.24) is 15.1 Å². The number of nitrogen functional groups attached to an aromatic ring is 1. The highest BCUT2D eigenvalue weighted by molar-refractivity contribution is 5.96. The highest BCUT2D eigenvalue weighted by atomic mass is 16.2. The number of nitrogens with one attached hydrogen (secondary N) is 1. The Hall–Kier alpha value is -1.52. The summed E-state index contributed by atoms with van der Waals surface area (Å²) >= 11 is 0. The second-order valence-electron chi connectivity index (χ2n) is 5.66. The number of hydrogen-bond acceptors (Lipinski definition) is 3. The number of carbonyl (C=O) groups excluding carboxylic acids is 1. The molecule has 18 heavy (non-hydrogen) atoms. The van der Waals surface area contributed by atoms with Crippen molar-refractivity contribution in [1.29, 1.82) is 0 Å². The van der Waals surface area contributed by atoms with Gasteiger partial charge in [-0.25, -0.2) is 0 Å². The lowest BCUT2D eigenvalue weighted by Crippen LogP contribution is -2.37. The third-order valence-electron chi connectivity index (χ3n) is 3.81. The molecule has 1 aromatic rings. The number of aryl methyl sites for hydroxylation is 1. The third-order valence-corrected chi connectivity index (χ3v) is 3.81. The van der Waals surface area contributed by atoms with Crippen molar-refractivity contribution >= 4 is 11.6 Å². The Morgan fingerprint density at radius 3 is 2.72 bits per heavy atom. The summed E-state index contributed by atoms with van der Waals surface area (Å²) in [6.07, 6.45) is 7.86. The van der Waals surface area contributed by atoms with Crippen LogP contribution in [0.2, 0.25) is 0 Å². The Balaban J connectivity index is 1.94. The van der Waals surface area contributed by atoms with E-state index >= 15 is 0 Å². The highest BCUT2D eigenvalue weighted by Gasteiger charge is 2.27. The second-order valence-corrected chi connectivity index (χ2v) is 5.66. The van der Waals surface area contributed by atoms with Crippen LogP contribution in [0, 0.1) is 5.41 Å². The maximum atomic E-state index is 12.0. The average molecular weight is 250 g/mol. The largest absolute Gasteiger partial charge is 0.396 e. The topological polar surface area (TPSA) is 72.9 Å². The molecular formula is C13H22N4O. The van der Waals surface area contributed by atoms with Crippen LogP contribution in [0.5, 0.6) is 0 Å². The first-order chi connectivity index (χ1) is 8.50. The highest BCUT2D eigenvalue weighted by Crippen LogP contribution is 2.34. The lowest BCUT2D eigenvalue weighted by atomic mass is 9.76. The minimum absolute atomic E-state index is 0.167. The molecule has 1 heterocycles. The zero-order chi connectivity index (χ0) is 13.2. The van der Waals surface area contributed by atoms with Crippen molar-refractivity contribution in [3.8, 4) is 0 Å². The van der Waals surface area contributed by atoms with Gasteiger partial charge in [-0.2, -0.15) is 5.10 Å². The summed E-state index contributed by atoms with van der Waals surface area (Å²) in [5.74, 6) is -0.167. The molecule has 0 aromatic carbocycles. The Morgan fingerprint density at radius 2 is 2.17 bits per heavy atom. The molecule has 0 unspecified atom stereocenters. The van der Waals surface area contributed by atoms with Crippen LogP contribution in [0.4, 0.5) is 5.69 Å². The van der Waals surface area contributed by atoms with Crippen LogP contribution in [0.1, 0.15) is 49.5 Å². The van der Waals surface area contributed by atoms with Crippen LogP contribution in [0.15, 0.2) is 6.20 Å². The molecule has 1 aliphatic carbocycles. The van der Waals surface area contributed by atoms with E-state index in [1.807, 2.05) is 0 Å². The van der Waals surface area contributed by atoms with Gasteiger partial charge in [0.05, 0.1) is 5.69 Å². The summed E-state index contributed by atoms with van der Waals surface area (Å²) in [7, 11) is 1.76. The normalized spacial score (nSPS) is 18.6. The summed E-state index contributed by atoms with van der Waals surface area (Å²) in [6.45, 7) is 2.95. The minimum atomic E-state index is -0.167. The zero-order valence-corrected chi connectivity index (χ0v) is 11.2. The van der Waals surface area contributed by atoms with E-state index in [2.05, 4.69) is 17.3 Å². The summed E-state index contributed by atoms with van der Waals surface area (Å²) in [4.78, 5) is 12.0. The van der Waals surface area contributed by atoms with Gasteiger partial charge in [-0.05, 0) is 18.3 Å². The van der Waals surface area contributed by atoms with Crippen molar-refractivity contribution in [2.45, 2.75) is 39.0 Å². The molecule has 0 aliphatic heterocycles. The SMILES string of the molecule is Cn1cc(N)c(C(=O)NCC2(C)CCCCC2)n1. The molecule has 0 spiro atoms. The molecule has 1 fully saturated rings. The molecule has 1 amide bonds. The van der Waals surface area contributed by atoms with Gasteiger partial charge >= 0.3 is 0 Å². The Labute approximate surface area is 108 Å². The van der Waals surface area contributed by atoms with E-state index in [1.165, 1.54) is 32.1 Å². The molecule has 0 radical (unpaired) electrons. The van der Waals surface area contributed by atoms with Crippen molar-refractivity contribution in [3.63, 3.8) is 0 Å². The van der Waals surface area contributed by atoms with Crippen molar-refractivity contribution in [2.75, 3.05) is 12.3 Å². The van der Waals surface area contributed by atoms with Crippen LogP contribution >= 0.6 is 0 Å². The summed E-state index contributed by atoms with van der Waals surface area (Å²) in [6, 6.07) is 0. The van der Waals surface area contributed by atoms with Gasteiger partial charge in [0.2, 0.25) is 0 Å². The Bertz CT molecular complexity index is 432. The van der Waals surface area contributed by atoms with Crippen LogP contribution in [-0.2, 0) is 7.05 Å². The van der Waals surface area contributed by atoms with Gasteiger partial charge in [-0.3, -0.25) is 9.48 Å². The molecule has 5 heteroatoms. The fourth-order valence-electron chi connectivity index (χ4n) is 2.64. The smallest absolute Gasteiger partial charge is 0.273 e. The Morgan fingerprint density at radius 1 is 1.50 bits per heavy atom. The lowest BCUT2D eigenvalue weighted by Gasteiger charge is -2.33. The molecule has 100 valence electrons. The van der Waals surface area contributed by atoms with Crippen LogP contribution in [-0.4, -0.2) is 22.2 Å². The van der Waals surface area contributed by atoms with E-state index in [0.29, 0.717) is 17.9 Å². The van der Waals surface area contributed by atoms with Crippen molar-refractivity contribution in [2.24, 2.45) is 12.5 Å². The molecule has 1 aromatic heterocycles. The fraction of sp³-hybridized carbons (Fsp3) is 0.692. The number of hydrogen-bond donors (Lipinski definition) is 2. The molecule has 2 rings (SSSR count). The number of aromatic nitrogens is 2. The van der Waals surface area contributed by atoms with Crippen molar-refractivity contribution < 1.29 is 4.79 Å². The van der Waals surface area contributed by atoms with Gasteiger partial charge in [0, 0.05) is 19.8 Å². The van der Waals surface area contributed by atoms with Gasteiger partial charge in [-0.1, -0.05) is 26.2 Å². The number of amides is 1. The molecular weight excluding hydrogens is 228 g/mol. The summed E-state index contributed by atoms with van der Waals surface area (Å²) in [5, 5.41) is 7.04. The number of carbonyl (C=O) groups is 1. The van der Waals surface area contributed by atoms with Crippen LogP contribution in [0.3, 0.4) is 0 Å². The standard InChI is InChI=1S/C13H22N4O/c1-13(6-4-3-5-7-13)9-15-12(18)11-10(14)8-17(2)16-11/h8H,3-7,9,14H2,1-2H3,(H,15,18). The number of anilines is 1. The molecule has 0 atom stereocenters. The Kier molecular flexibility index (Phi) is 3.59. The van der Waals surface area contributed by atoms with Gasteiger partial charge in [0.25, 0.3) is 5.91 Å². The minimum Gasteiger partial charge on any atom is -0.396 e. The van der Waals surface area contributed by atoms with E-state index in [1.54, 1.807) is 17.9 Å². The predicted molar refractivity (Wildman–Crippen MR) is 71.1 cm³/mol. The van der Waals surface area contributed by atoms with E-state index in [9.17, 15) is 4.79 Å². The average Bonchev–Trinajstić information content (AvgIpc) is 2.67. The predicted octanol–water partition coefficient (Wildman–Crippen LogP) is 1.70. The van der Waals surface area contributed by atoms with Crippen LogP contribution < -0.4 is 11.1 Å². The van der Waals surface area contributed by atoms with Gasteiger partial charge in [0.15, 0.2) is 5.69 Å². The first kappa shape index (κ1) is 12.9. The van der Waals surface area contributed by atoms with Crippen molar-refractivity contribution in [3.05, 3.63) is 11.9 Å². The maximum Gasteiger partial charge on any atom is 0.273 e. The number of rotatable bonds is 3. The zero-order valence-electron chi connectivity index (χ0n) is 11.2. The molecule has 5 nitrogen and oxygen atoms in total. The second kappa shape index (κ2) is 5.00. The number of nitrogens with two attached hydrogens (primary N) is 1.